The second-order valence-corrected chi connectivity index (χ2v) is 6.29. The van der Waals surface area contributed by atoms with Gasteiger partial charge in [0.25, 0.3) is 10.0 Å². The van der Waals surface area contributed by atoms with Gasteiger partial charge in [-0.1, -0.05) is 11.3 Å². The zero-order valence-electron chi connectivity index (χ0n) is 9.49. The summed E-state index contributed by atoms with van der Waals surface area (Å²) in [5.41, 5.74) is 8.33. The number of nitrogens with zero attached hydrogens (tertiary/aromatic N) is 2. The SMILES string of the molecule is Nc1ccc2c(S(=O)(=O)Nc3nncs3)c[nH]c2c1. The number of nitrogens with two attached hydrogens (primary N) is 1. The molecule has 4 N–H and O–H groups in total. The van der Waals surface area contributed by atoms with Crippen molar-refractivity contribution in [3.05, 3.63) is 29.9 Å². The predicted octanol–water partition coefficient (Wildman–Crippen LogP) is 1.40. The average molecular weight is 295 g/mol. The molecule has 7 nitrogen and oxygen atoms in total. The van der Waals surface area contributed by atoms with Crippen LogP contribution in [0.25, 0.3) is 10.9 Å². The maximum atomic E-state index is 12.2. The first kappa shape index (κ1) is 11.9. The summed E-state index contributed by atoms with van der Waals surface area (Å²) in [7, 11) is -3.69. The quantitative estimate of drug-likeness (QED) is 0.632. The van der Waals surface area contributed by atoms with Crippen molar-refractivity contribution in [2.24, 2.45) is 0 Å². The number of aromatic amines is 1. The van der Waals surface area contributed by atoms with Crippen LogP contribution in [0.2, 0.25) is 0 Å². The van der Waals surface area contributed by atoms with E-state index >= 15 is 0 Å². The van der Waals surface area contributed by atoms with Crippen LogP contribution in [-0.4, -0.2) is 23.6 Å². The van der Waals surface area contributed by atoms with Gasteiger partial charge in [0.15, 0.2) is 0 Å². The van der Waals surface area contributed by atoms with Gasteiger partial charge in [-0.2, -0.15) is 0 Å². The van der Waals surface area contributed by atoms with E-state index in [1.165, 1.54) is 11.7 Å². The highest BCUT2D eigenvalue weighted by Gasteiger charge is 2.20. The molecule has 0 unspecified atom stereocenters. The molecule has 0 aliphatic carbocycles. The van der Waals surface area contributed by atoms with Crippen LogP contribution in [0.5, 0.6) is 0 Å². The Labute approximate surface area is 112 Å². The van der Waals surface area contributed by atoms with Gasteiger partial charge in [-0.15, -0.1) is 10.2 Å². The van der Waals surface area contributed by atoms with Crippen LogP contribution in [0.3, 0.4) is 0 Å². The Morgan fingerprint density at radius 3 is 2.95 bits per heavy atom. The molecule has 2 heterocycles. The number of hydrogen-bond donors (Lipinski definition) is 3. The van der Waals surface area contributed by atoms with E-state index in [-0.39, 0.29) is 10.0 Å². The Hall–Kier alpha value is -2.13. The van der Waals surface area contributed by atoms with Gasteiger partial charge in [0.1, 0.15) is 10.4 Å². The lowest BCUT2D eigenvalue weighted by atomic mass is 10.2. The third kappa shape index (κ3) is 2.13. The van der Waals surface area contributed by atoms with E-state index in [0.717, 1.165) is 11.3 Å². The van der Waals surface area contributed by atoms with Crippen LogP contribution in [0.1, 0.15) is 0 Å². The van der Waals surface area contributed by atoms with Gasteiger partial charge in [0.2, 0.25) is 5.13 Å². The second kappa shape index (κ2) is 4.21. The molecule has 0 fully saturated rings. The molecule has 3 aromatic rings. The zero-order valence-corrected chi connectivity index (χ0v) is 11.1. The number of nitrogen functional groups attached to an aromatic ring is 1. The Kier molecular flexibility index (Phi) is 2.64. The largest absolute Gasteiger partial charge is 0.399 e. The van der Waals surface area contributed by atoms with Crippen LogP contribution in [-0.2, 0) is 10.0 Å². The molecule has 0 spiro atoms. The number of benzene rings is 1. The van der Waals surface area contributed by atoms with Crippen molar-refractivity contribution < 1.29 is 8.42 Å². The molecule has 3 rings (SSSR count). The molecule has 0 aliphatic rings. The number of anilines is 2. The molecule has 2 aromatic heterocycles. The first-order valence-corrected chi connectivity index (χ1v) is 7.58. The van der Waals surface area contributed by atoms with Crippen molar-refractivity contribution in [2.45, 2.75) is 4.90 Å². The number of sulfonamides is 1. The molecule has 9 heteroatoms. The van der Waals surface area contributed by atoms with Crippen molar-refractivity contribution in [3.63, 3.8) is 0 Å². The lowest BCUT2D eigenvalue weighted by Gasteiger charge is -2.03. The number of rotatable bonds is 3. The Balaban J connectivity index is 2.08. The Morgan fingerprint density at radius 1 is 1.37 bits per heavy atom. The minimum atomic E-state index is -3.69. The molecule has 0 amide bonds. The van der Waals surface area contributed by atoms with Gasteiger partial charge in [0, 0.05) is 22.8 Å². The smallest absolute Gasteiger partial charge is 0.265 e. The molecule has 0 bridgehead atoms. The van der Waals surface area contributed by atoms with E-state index in [0.29, 0.717) is 16.6 Å². The fourth-order valence-electron chi connectivity index (χ4n) is 1.73. The maximum absolute atomic E-state index is 12.2. The predicted molar refractivity (Wildman–Crippen MR) is 73.4 cm³/mol. The van der Waals surface area contributed by atoms with Crippen LogP contribution in [0, 0.1) is 0 Å². The molecule has 0 radical (unpaired) electrons. The van der Waals surface area contributed by atoms with Crippen molar-refractivity contribution in [1.29, 1.82) is 0 Å². The minimum absolute atomic E-state index is 0.151. The zero-order chi connectivity index (χ0) is 13.5. The molecule has 19 heavy (non-hydrogen) atoms. The topological polar surface area (TPSA) is 114 Å². The van der Waals surface area contributed by atoms with Gasteiger partial charge in [-0.05, 0) is 18.2 Å². The number of H-pyrrole nitrogens is 1. The van der Waals surface area contributed by atoms with Crippen molar-refractivity contribution in [1.82, 2.24) is 15.2 Å². The molecule has 0 saturated carbocycles. The monoisotopic (exact) mass is 295 g/mol. The summed E-state index contributed by atoms with van der Waals surface area (Å²) in [4.78, 5) is 3.03. The summed E-state index contributed by atoms with van der Waals surface area (Å²) in [6.45, 7) is 0. The Bertz CT molecular complexity index is 823. The fourth-order valence-corrected chi connectivity index (χ4v) is 3.60. The number of aromatic nitrogens is 3. The highest BCUT2D eigenvalue weighted by molar-refractivity contribution is 7.93. The van der Waals surface area contributed by atoms with E-state index < -0.39 is 10.0 Å². The third-order valence-electron chi connectivity index (χ3n) is 2.54. The summed E-state index contributed by atoms with van der Waals surface area (Å²) in [5, 5.41) is 8.03. The van der Waals surface area contributed by atoms with Crippen LogP contribution < -0.4 is 10.5 Å². The first-order valence-electron chi connectivity index (χ1n) is 5.22. The summed E-state index contributed by atoms with van der Waals surface area (Å²) in [6, 6.07) is 5.00. The average Bonchev–Trinajstić information content (AvgIpc) is 2.96. The fraction of sp³-hybridized carbons (Fsp3) is 0. The molecule has 1 aromatic carbocycles. The highest BCUT2D eigenvalue weighted by atomic mass is 32.2. The minimum Gasteiger partial charge on any atom is -0.399 e. The van der Waals surface area contributed by atoms with Gasteiger partial charge < -0.3 is 10.7 Å². The molecular weight excluding hydrogens is 286 g/mol. The molecule has 98 valence electrons. The maximum Gasteiger partial charge on any atom is 0.265 e. The van der Waals surface area contributed by atoms with Crippen molar-refractivity contribution in [3.8, 4) is 0 Å². The van der Waals surface area contributed by atoms with E-state index in [1.807, 2.05) is 0 Å². The van der Waals surface area contributed by atoms with Crippen LogP contribution in [0.15, 0.2) is 34.8 Å². The third-order valence-corrected chi connectivity index (χ3v) is 4.65. The van der Waals surface area contributed by atoms with Gasteiger partial charge in [-0.3, -0.25) is 4.72 Å². The van der Waals surface area contributed by atoms with E-state index in [2.05, 4.69) is 19.9 Å². The van der Waals surface area contributed by atoms with Crippen molar-refractivity contribution in [2.75, 3.05) is 10.5 Å². The number of nitrogens with one attached hydrogen (secondary N) is 2. The summed E-state index contributed by atoms with van der Waals surface area (Å²) >= 11 is 1.11. The van der Waals surface area contributed by atoms with Gasteiger partial charge in [-0.25, -0.2) is 8.42 Å². The lowest BCUT2D eigenvalue weighted by molar-refractivity contribution is 0.602. The van der Waals surface area contributed by atoms with E-state index in [1.54, 1.807) is 18.2 Å². The molecular formula is C10H9N5O2S2. The van der Waals surface area contributed by atoms with Crippen molar-refractivity contribution >= 4 is 43.1 Å². The molecule has 0 saturated heterocycles. The molecule has 0 aliphatic heterocycles. The van der Waals surface area contributed by atoms with Crippen LogP contribution in [0.4, 0.5) is 10.8 Å². The number of fused-ring (bicyclic) bond motifs is 1. The van der Waals surface area contributed by atoms with Gasteiger partial charge >= 0.3 is 0 Å². The van der Waals surface area contributed by atoms with E-state index in [9.17, 15) is 8.42 Å². The van der Waals surface area contributed by atoms with Crippen LogP contribution >= 0.6 is 11.3 Å². The molecule has 0 atom stereocenters. The van der Waals surface area contributed by atoms with E-state index in [4.69, 9.17) is 5.73 Å². The lowest BCUT2D eigenvalue weighted by Crippen LogP contribution is -2.12. The summed E-state index contributed by atoms with van der Waals surface area (Å²) in [6.07, 6.45) is 1.42. The summed E-state index contributed by atoms with van der Waals surface area (Å²) in [5.74, 6) is 0. The summed E-state index contributed by atoms with van der Waals surface area (Å²) < 4.78 is 26.8. The normalized spacial score (nSPS) is 11.8. The number of hydrogen-bond acceptors (Lipinski definition) is 6. The second-order valence-electron chi connectivity index (χ2n) is 3.81. The highest BCUT2D eigenvalue weighted by Crippen LogP contribution is 2.26. The van der Waals surface area contributed by atoms with Gasteiger partial charge in [0.05, 0.1) is 0 Å². The standard InChI is InChI=1S/C10H9N5O2S2/c11-6-1-2-7-8(3-6)12-4-9(7)19(16,17)15-10-14-13-5-18-10/h1-5,12H,11H2,(H,14,15). The Morgan fingerprint density at radius 2 is 2.21 bits per heavy atom. The first-order chi connectivity index (χ1) is 9.06.